The molecule has 2 aliphatic rings. The number of carbonyl (C=O) groups is 1. The van der Waals surface area contributed by atoms with Gasteiger partial charge in [-0.3, -0.25) is 4.90 Å². The molecule has 25 heavy (non-hydrogen) atoms. The van der Waals surface area contributed by atoms with Crippen LogP contribution in [-0.2, 0) is 4.74 Å². The van der Waals surface area contributed by atoms with E-state index in [0.29, 0.717) is 23.8 Å². The molecule has 3 heterocycles. The van der Waals surface area contributed by atoms with Crippen LogP contribution in [0.5, 0.6) is 0 Å². The van der Waals surface area contributed by atoms with Gasteiger partial charge in [0.15, 0.2) is 11.0 Å². The predicted molar refractivity (Wildman–Crippen MR) is 93.6 cm³/mol. The summed E-state index contributed by atoms with van der Waals surface area (Å²) in [5.74, 6) is 0.571. The Morgan fingerprint density at radius 3 is 2.68 bits per heavy atom. The molecule has 0 N–H and O–H groups in total. The molecule has 1 amide bonds. The van der Waals surface area contributed by atoms with Crippen molar-refractivity contribution in [2.45, 2.75) is 69.9 Å². The number of fused-ring (bicyclic) bond motifs is 2. The third-order valence-corrected chi connectivity index (χ3v) is 5.08. The predicted octanol–water partition coefficient (Wildman–Crippen LogP) is 3.44. The van der Waals surface area contributed by atoms with E-state index in [1.807, 2.05) is 20.8 Å². The Hall–Kier alpha value is -1.63. The van der Waals surface area contributed by atoms with E-state index in [9.17, 15) is 4.79 Å². The van der Waals surface area contributed by atoms with Gasteiger partial charge in [-0.2, -0.15) is 0 Å². The number of hydrogen-bond donors (Lipinski definition) is 0. The largest absolute Gasteiger partial charge is 0.444 e. The van der Waals surface area contributed by atoms with Gasteiger partial charge in [0.2, 0.25) is 0 Å². The number of piperidine rings is 1. The number of halogens is 2. The third kappa shape index (κ3) is 3.66. The molecule has 2 bridgehead atoms. The van der Waals surface area contributed by atoms with Crippen LogP contribution in [0.25, 0.3) is 0 Å². The Labute approximate surface area is 152 Å². The normalized spacial score (nSPS) is 28.8. The van der Waals surface area contributed by atoms with Crippen LogP contribution in [0.2, 0.25) is 5.15 Å². The zero-order chi connectivity index (χ0) is 18.4. The number of alkyl halides is 1. The standard InChI is InChI=1S/C17H24ClFN4O2/c1-17(2,3)25-16(24)23-10-5-6-11(23)15(19)12(9-10)22(4)14-8-7-13(18)20-21-14/h7-8,10-12,15H,5-6,9H2,1-4H3/t10-,11+,12-,15?/m1/s1. The van der Waals surface area contributed by atoms with Gasteiger partial charge in [0.25, 0.3) is 0 Å². The highest BCUT2D eigenvalue weighted by atomic mass is 35.5. The Kier molecular flexibility index (Phi) is 4.79. The number of anilines is 1. The molecule has 2 fully saturated rings. The molecular formula is C17H24ClFN4O2. The van der Waals surface area contributed by atoms with Gasteiger partial charge in [-0.25, -0.2) is 9.18 Å². The van der Waals surface area contributed by atoms with E-state index in [1.54, 1.807) is 29.0 Å². The topological polar surface area (TPSA) is 58.6 Å². The molecule has 2 saturated heterocycles. The van der Waals surface area contributed by atoms with Gasteiger partial charge >= 0.3 is 6.09 Å². The summed E-state index contributed by atoms with van der Waals surface area (Å²) in [6, 6.07) is 2.54. The van der Waals surface area contributed by atoms with Crippen molar-refractivity contribution in [1.82, 2.24) is 15.1 Å². The molecule has 0 spiro atoms. The van der Waals surface area contributed by atoms with Gasteiger partial charge in [-0.1, -0.05) is 11.6 Å². The van der Waals surface area contributed by atoms with Crippen molar-refractivity contribution < 1.29 is 13.9 Å². The number of rotatable bonds is 2. The number of nitrogens with zero attached hydrogens (tertiary/aromatic N) is 4. The molecule has 0 aliphatic carbocycles. The molecule has 0 aromatic carbocycles. The fraction of sp³-hybridized carbons (Fsp3) is 0.706. The SMILES string of the molecule is CN(c1ccc(Cl)nn1)[C@@H]1C[C@H]2CC[C@@H](C1F)N2C(=O)OC(C)(C)C. The number of ether oxygens (including phenoxy) is 1. The van der Waals surface area contributed by atoms with Crippen LogP contribution < -0.4 is 4.90 Å². The Bertz CT molecular complexity index is 637. The number of amides is 1. The molecule has 8 heteroatoms. The minimum atomic E-state index is -1.17. The van der Waals surface area contributed by atoms with Crippen LogP contribution in [0.1, 0.15) is 40.0 Å². The fourth-order valence-electron chi connectivity index (χ4n) is 3.76. The van der Waals surface area contributed by atoms with E-state index >= 15 is 4.39 Å². The molecule has 0 radical (unpaired) electrons. The summed E-state index contributed by atoms with van der Waals surface area (Å²) in [5, 5.41) is 8.16. The van der Waals surface area contributed by atoms with Crippen LogP contribution in [0.3, 0.4) is 0 Å². The molecule has 1 unspecified atom stereocenters. The van der Waals surface area contributed by atoms with E-state index in [4.69, 9.17) is 16.3 Å². The molecule has 1 aromatic rings. The van der Waals surface area contributed by atoms with Crippen LogP contribution in [0.15, 0.2) is 12.1 Å². The van der Waals surface area contributed by atoms with Crippen LogP contribution in [0, 0.1) is 0 Å². The Balaban J connectivity index is 1.76. The van der Waals surface area contributed by atoms with Gasteiger partial charge in [0.05, 0.1) is 12.1 Å². The first-order valence-electron chi connectivity index (χ1n) is 8.55. The van der Waals surface area contributed by atoms with Crippen molar-refractivity contribution in [2.24, 2.45) is 0 Å². The smallest absolute Gasteiger partial charge is 0.410 e. The quantitative estimate of drug-likeness (QED) is 0.798. The maximum Gasteiger partial charge on any atom is 0.410 e. The molecule has 3 rings (SSSR count). The molecular weight excluding hydrogens is 347 g/mol. The molecule has 138 valence electrons. The van der Waals surface area contributed by atoms with Crippen molar-refractivity contribution >= 4 is 23.5 Å². The minimum absolute atomic E-state index is 0.0143. The van der Waals surface area contributed by atoms with Crippen LogP contribution >= 0.6 is 11.6 Å². The lowest BCUT2D eigenvalue weighted by molar-refractivity contribution is -0.0104. The lowest BCUT2D eigenvalue weighted by Gasteiger charge is -2.44. The summed E-state index contributed by atoms with van der Waals surface area (Å²) in [6.07, 6.45) is 0.393. The van der Waals surface area contributed by atoms with E-state index < -0.39 is 23.9 Å². The minimum Gasteiger partial charge on any atom is -0.444 e. The monoisotopic (exact) mass is 370 g/mol. The van der Waals surface area contributed by atoms with Crippen molar-refractivity contribution in [3.8, 4) is 0 Å². The van der Waals surface area contributed by atoms with Crippen molar-refractivity contribution in [3.05, 3.63) is 17.3 Å². The summed E-state index contributed by atoms with van der Waals surface area (Å²) in [4.78, 5) is 15.9. The van der Waals surface area contributed by atoms with Crippen LogP contribution in [-0.4, -0.2) is 58.1 Å². The van der Waals surface area contributed by atoms with E-state index in [-0.39, 0.29) is 12.1 Å². The highest BCUT2D eigenvalue weighted by molar-refractivity contribution is 6.29. The first kappa shape index (κ1) is 18.2. The number of aromatic nitrogens is 2. The van der Waals surface area contributed by atoms with Gasteiger partial charge < -0.3 is 9.64 Å². The number of carbonyl (C=O) groups excluding carboxylic acids is 1. The zero-order valence-electron chi connectivity index (χ0n) is 14.9. The van der Waals surface area contributed by atoms with E-state index in [2.05, 4.69) is 10.2 Å². The summed E-state index contributed by atoms with van der Waals surface area (Å²) >= 11 is 5.77. The van der Waals surface area contributed by atoms with E-state index in [1.165, 1.54) is 0 Å². The molecule has 2 aliphatic heterocycles. The summed E-state index contributed by atoms with van der Waals surface area (Å²) < 4.78 is 20.7. The maximum absolute atomic E-state index is 15.2. The van der Waals surface area contributed by atoms with Gasteiger partial charge in [-0.15, -0.1) is 10.2 Å². The fourth-order valence-corrected chi connectivity index (χ4v) is 3.86. The van der Waals surface area contributed by atoms with E-state index in [0.717, 1.165) is 6.42 Å². The highest BCUT2D eigenvalue weighted by Crippen LogP contribution is 2.40. The Morgan fingerprint density at radius 1 is 1.36 bits per heavy atom. The molecule has 4 atom stereocenters. The lowest BCUT2D eigenvalue weighted by Crippen LogP contribution is -2.59. The summed E-state index contributed by atoms with van der Waals surface area (Å²) in [6.45, 7) is 5.46. The summed E-state index contributed by atoms with van der Waals surface area (Å²) in [5.41, 5.74) is -0.588. The van der Waals surface area contributed by atoms with Gasteiger partial charge in [-0.05, 0) is 52.2 Å². The molecule has 0 saturated carbocycles. The second-order valence-electron chi connectivity index (χ2n) is 7.76. The van der Waals surface area contributed by atoms with Crippen molar-refractivity contribution in [2.75, 3.05) is 11.9 Å². The van der Waals surface area contributed by atoms with Crippen molar-refractivity contribution in [1.29, 1.82) is 0 Å². The average molecular weight is 371 g/mol. The maximum atomic E-state index is 15.2. The van der Waals surface area contributed by atoms with Crippen molar-refractivity contribution in [3.63, 3.8) is 0 Å². The first-order valence-corrected chi connectivity index (χ1v) is 8.92. The third-order valence-electron chi connectivity index (χ3n) is 4.88. The molecule has 1 aromatic heterocycles. The molecule has 6 nitrogen and oxygen atoms in total. The van der Waals surface area contributed by atoms with Crippen LogP contribution in [0.4, 0.5) is 15.0 Å². The second-order valence-corrected chi connectivity index (χ2v) is 8.15. The Morgan fingerprint density at radius 2 is 2.08 bits per heavy atom. The first-order chi connectivity index (χ1) is 11.7. The highest BCUT2D eigenvalue weighted by Gasteiger charge is 2.52. The second kappa shape index (κ2) is 6.59. The lowest BCUT2D eigenvalue weighted by atomic mass is 9.94. The van der Waals surface area contributed by atoms with Gasteiger partial charge in [0.1, 0.15) is 11.8 Å². The summed E-state index contributed by atoms with van der Waals surface area (Å²) in [7, 11) is 1.80. The number of hydrogen-bond acceptors (Lipinski definition) is 5. The average Bonchev–Trinajstić information content (AvgIpc) is 2.87. The zero-order valence-corrected chi connectivity index (χ0v) is 15.7. The van der Waals surface area contributed by atoms with Gasteiger partial charge in [0, 0.05) is 13.1 Å².